The van der Waals surface area contributed by atoms with E-state index >= 15 is 0 Å². The molecule has 150 heavy (non-hydrogen) atoms. The zero-order chi connectivity index (χ0) is 104. The minimum Gasteiger partial charge on any atom is -0.477 e. The largest absolute Gasteiger partial charge is 0.477 e. The van der Waals surface area contributed by atoms with E-state index in [1.165, 1.54) is 31.0 Å². The van der Waals surface area contributed by atoms with Gasteiger partial charge >= 0.3 is 17.9 Å². The van der Waals surface area contributed by atoms with Crippen LogP contribution in [0.2, 0.25) is 0 Å². The second-order valence-corrected chi connectivity index (χ2v) is 34.7. The summed E-state index contributed by atoms with van der Waals surface area (Å²) in [5.74, 6) is 1.22. The van der Waals surface area contributed by atoms with Crippen LogP contribution in [0.1, 0.15) is 111 Å². The zero-order valence-corrected chi connectivity index (χ0v) is 83.0. The number of aryl methyl sites for hydroxylation is 6. The van der Waals surface area contributed by atoms with Gasteiger partial charge in [0, 0.05) is 151 Å². The third-order valence-corrected chi connectivity index (χ3v) is 24.2. The number of hydrogen-bond donors (Lipinski definition) is 3. The summed E-state index contributed by atoms with van der Waals surface area (Å²) in [5, 5.41) is 9.28. The van der Waals surface area contributed by atoms with Gasteiger partial charge < -0.3 is 53.8 Å². The predicted octanol–water partition coefficient (Wildman–Crippen LogP) is 18.3. The van der Waals surface area contributed by atoms with Crippen molar-refractivity contribution in [2.45, 2.75) is 55.4 Å². The summed E-state index contributed by atoms with van der Waals surface area (Å²) in [4.78, 5) is 130. The predicted molar refractivity (Wildman–Crippen MR) is 567 cm³/mol. The average molecular weight is 1990 g/mol. The molecule has 24 rings (SSSR count). The number of pyridine rings is 12. The maximum Gasteiger partial charge on any atom is 0.356 e. The number of amides is 3. The molecule has 24 aromatic heterocycles. The van der Waals surface area contributed by atoms with Crippen LogP contribution in [0.4, 0.5) is 0 Å². The van der Waals surface area contributed by atoms with E-state index < -0.39 is 23.8 Å². The molecule has 0 aliphatic rings. The number of carbonyl (C=O) groups is 6. The number of hydrogen-bond acceptors (Lipinski definition) is 21. The summed E-state index contributed by atoms with van der Waals surface area (Å²) in [7, 11) is 3.47. The second kappa shape index (κ2) is 42.9. The van der Waals surface area contributed by atoms with E-state index in [-0.39, 0.29) is 17.6 Å². The first kappa shape index (κ1) is 98.3. The summed E-state index contributed by atoms with van der Waals surface area (Å²) in [5.41, 5.74) is 34.8. The van der Waals surface area contributed by atoms with E-state index in [2.05, 4.69) is 64.8 Å². The molecule has 24 heterocycles. The van der Waals surface area contributed by atoms with Crippen LogP contribution in [0.3, 0.4) is 0 Å². The number of primary amides is 2. The van der Waals surface area contributed by atoms with Crippen molar-refractivity contribution in [3.63, 3.8) is 0 Å². The molecule has 0 unspecified atom stereocenters. The highest BCUT2D eigenvalue weighted by Crippen LogP contribution is 2.33. The molecule has 0 saturated carbocycles. The number of aromatic nitrogens is 25. The molecular formula is C113H98N28O9. The zero-order valence-electron chi connectivity index (χ0n) is 83.0. The first-order valence-corrected chi connectivity index (χ1v) is 47.6. The number of carbonyl (C=O) groups excluding carboxylic acids is 5. The number of carboxylic acids is 1. The van der Waals surface area contributed by atoms with Crippen LogP contribution in [0, 0.1) is 41.5 Å². The van der Waals surface area contributed by atoms with Gasteiger partial charge in [-0.3, -0.25) is 50.3 Å². The summed E-state index contributed by atoms with van der Waals surface area (Å²) < 4.78 is 32.5. The van der Waals surface area contributed by atoms with Gasteiger partial charge in [-0.15, -0.1) is 0 Å². The number of nitrogens with two attached hydrogens (primary N) is 2. The number of carboxylic acid groups (broad SMARTS) is 1. The minimum absolute atomic E-state index is 0.0783. The number of nitrogens with zero attached hydrogens (tertiary/aromatic N) is 26. The molecular weight excluding hydrogens is 1890 g/mol. The fourth-order valence-corrected chi connectivity index (χ4v) is 17.2. The topological polar surface area (TPSA) is 420 Å². The maximum absolute atomic E-state index is 12.4. The van der Waals surface area contributed by atoms with Crippen molar-refractivity contribution in [1.82, 2.24) is 123 Å². The number of esters is 2. The van der Waals surface area contributed by atoms with Crippen LogP contribution >= 0.6 is 0 Å². The molecule has 5 N–H and O–H groups in total. The smallest absolute Gasteiger partial charge is 0.356 e. The molecule has 0 aromatic carbocycles. The van der Waals surface area contributed by atoms with Gasteiger partial charge in [-0.05, 0) is 262 Å². The standard InChI is InChI=1S/C20H19N5O.C20H18N4O2.C19H17N5O2.2C18H15N5O.C18H14N4O2/c1-14-6-4-8-19(22-14)24-11-5-7-16(24)15-9-10-18-21-12-17(25(18)13-15)20(26)23(2)3;1-3-26-20(25)17-12-21-18-10-9-15(13-24(17)18)16-7-5-11-23(16)19-8-4-6-14(2)22-19;1-3-26-19(25)16-11-21-17-8-7-14(12-24(16)17)23-10-9-20-18(23)15-6-4-5-13(2)22-15;1-12-4-2-6-17(21-12)22-9-3-5-14(22)13-7-8-16-20-10-15(18(19)24)23(16)11-13;1-12-4-2-5-14(21-12)15-6-3-9-22(15)13-7-8-17-20-10-16(18(19)24)23(17)11-13;1-12-4-2-6-17(20-12)21-9-3-5-14(21)13-7-8-16-19-10-15(18(23)24)22(16)11-13/h4-13H,1-3H3;4-13H,3H2,1-2H3;4-12H,3H2,1-2H3;2*2-11H,1H3,(H2,19,24);2-11H,1H3,(H,23,24). The van der Waals surface area contributed by atoms with Crippen molar-refractivity contribution >= 4 is 69.5 Å². The van der Waals surface area contributed by atoms with Gasteiger partial charge in [0.25, 0.3) is 17.7 Å². The third-order valence-electron chi connectivity index (χ3n) is 24.2. The highest BCUT2D eigenvalue weighted by atomic mass is 16.5. The molecule has 24 aromatic rings. The monoisotopic (exact) mass is 1990 g/mol. The normalized spacial score (nSPS) is 11.0. The molecule has 0 saturated heterocycles. The highest BCUT2D eigenvalue weighted by molar-refractivity contribution is 5.95. The fourth-order valence-electron chi connectivity index (χ4n) is 17.2. The number of aromatic carboxylic acids is 1. The Morgan fingerprint density at radius 2 is 0.587 bits per heavy atom. The second-order valence-electron chi connectivity index (χ2n) is 34.7. The summed E-state index contributed by atoms with van der Waals surface area (Å²) >= 11 is 0. The first-order valence-electron chi connectivity index (χ1n) is 47.6. The van der Waals surface area contributed by atoms with E-state index in [0.717, 1.165) is 142 Å². The van der Waals surface area contributed by atoms with E-state index in [9.17, 15) is 33.9 Å². The molecule has 0 aliphatic heterocycles. The Morgan fingerprint density at radius 1 is 0.293 bits per heavy atom. The van der Waals surface area contributed by atoms with Crippen LogP contribution in [-0.4, -0.2) is 192 Å². The van der Waals surface area contributed by atoms with Crippen LogP contribution in [-0.2, 0) is 9.47 Å². The maximum atomic E-state index is 12.4. The average Bonchev–Trinajstić information content (AvgIpc) is 1.64. The molecule has 0 fully saturated rings. The molecule has 0 aliphatic carbocycles. The Kier molecular flexibility index (Phi) is 28.1. The van der Waals surface area contributed by atoms with Gasteiger partial charge in [0.15, 0.2) is 22.9 Å². The van der Waals surface area contributed by atoms with Crippen LogP contribution < -0.4 is 11.5 Å². The Balaban J connectivity index is 0.000000113. The van der Waals surface area contributed by atoms with E-state index in [4.69, 9.17) is 20.9 Å². The number of rotatable bonds is 20. The molecule has 37 heteroatoms. The lowest BCUT2D eigenvalue weighted by Gasteiger charge is -2.12. The van der Waals surface area contributed by atoms with Crippen molar-refractivity contribution < 1.29 is 43.3 Å². The molecule has 3 amide bonds. The van der Waals surface area contributed by atoms with E-state index in [1.54, 1.807) is 73.4 Å². The lowest BCUT2D eigenvalue weighted by Crippen LogP contribution is -2.23. The van der Waals surface area contributed by atoms with E-state index in [1.807, 2.05) is 384 Å². The molecule has 0 bridgehead atoms. The Hall–Kier alpha value is -20.5. The Labute approximate surface area is 857 Å². The third kappa shape index (κ3) is 20.7. The van der Waals surface area contributed by atoms with Crippen LogP contribution in [0.5, 0.6) is 0 Å². The van der Waals surface area contributed by atoms with Gasteiger partial charge in [0.05, 0.1) is 95.9 Å². The molecule has 0 atom stereocenters. The first-order chi connectivity index (χ1) is 72.8. The molecule has 37 nitrogen and oxygen atoms in total. The van der Waals surface area contributed by atoms with Crippen molar-refractivity contribution in [3.05, 3.63) is 429 Å². The Bertz CT molecular complexity index is 8600. The molecule has 0 spiro atoms. The van der Waals surface area contributed by atoms with E-state index in [0.29, 0.717) is 69.9 Å². The summed E-state index contributed by atoms with van der Waals surface area (Å²) in [6, 6.07) is 78.2. The van der Waals surface area contributed by atoms with Crippen LogP contribution in [0.25, 0.3) is 136 Å². The van der Waals surface area contributed by atoms with Crippen molar-refractivity contribution in [2.24, 2.45) is 11.5 Å². The van der Waals surface area contributed by atoms with Crippen molar-refractivity contribution in [3.8, 4) is 103 Å². The molecule has 744 valence electrons. The lowest BCUT2D eigenvalue weighted by atomic mass is 10.2. The van der Waals surface area contributed by atoms with Gasteiger partial charge in [-0.2, -0.15) is 0 Å². The summed E-state index contributed by atoms with van der Waals surface area (Å²) in [6.45, 7) is 16.0. The Morgan fingerprint density at radius 3 is 0.947 bits per heavy atom. The SMILES string of the molecule is CCOC(=O)c1cnc2ccc(-c3cccn3-c3cccc(C)n3)cn12.CCOC(=O)c1cnc2ccc(-n3ccnc3-c3cccc(C)n3)cn12.Cc1cccc(-c2cccn2-c2ccc3ncc(C(N)=O)n3c2)n1.Cc1cccc(-n2cccc2-c2ccc3ncc(C(=O)N(C)C)n3c2)n1.Cc1cccc(-n2cccc2-c2ccc3ncc(C(=O)O)n3c2)n1.Cc1cccc(-n2cccc2-c2ccc3ncc(C(N)=O)n3c2)n1. The van der Waals surface area contributed by atoms with Crippen molar-refractivity contribution in [2.75, 3.05) is 27.3 Å². The van der Waals surface area contributed by atoms with Crippen LogP contribution in [0.15, 0.2) is 360 Å². The number of ether oxygens (including phenoxy) is 2. The van der Waals surface area contributed by atoms with Gasteiger partial charge in [0.1, 0.15) is 79.9 Å². The van der Waals surface area contributed by atoms with Gasteiger partial charge in [-0.1, -0.05) is 36.4 Å². The molecule has 0 radical (unpaired) electrons. The number of fused-ring (bicyclic) bond motifs is 6. The number of imidazole rings is 7. The van der Waals surface area contributed by atoms with Gasteiger partial charge in [0.2, 0.25) is 0 Å². The van der Waals surface area contributed by atoms with Crippen molar-refractivity contribution in [1.29, 1.82) is 0 Å². The quantitative estimate of drug-likeness (QED) is 0.0597. The van der Waals surface area contributed by atoms with Gasteiger partial charge in [-0.25, -0.2) is 74.2 Å². The minimum atomic E-state index is -1.00. The fraction of sp³-hybridized carbons (Fsp3) is 0.106. The lowest BCUT2D eigenvalue weighted by molar-refractivity contribution is 0.0508. The highest BCUT2D eigenvalue weighted by Gasteiger charge is 2.24. The summed E-state index contributed by atoms with van der Waals surface area (Å²) in [6.07, 6.45) is 33.6.